The van der Waals surface area contributed by atoms with Crippen LogP contribution in [-0.2, 0) is 0 Å². The zero-order valence-electron chi connectivity index (χ0n) is 13.6. The summed E-state index contributed by atoms with van der Waals surface area (Å²) in [5, 5.41) is 14.7. The summed E-state index contributed by atoms with van der Waals surface area (Å²) in [6.07, 6.45) is 1.58. The van der Waals surface area contributed by atoms with Crippen LogP contribution in [0.1, 0.15) is 17.3 Å². The van der Waals surface area contributed by atoms with Crippen molar-refractivity contribution < 1.29 is 4.92 Å². The van der Waals surface area contributed by atoms with Crippen molar-refractivity contribution in [2.24, 2.45) is 0 Å². The second-order valence-corrected chi connectivity index (χ2v) is 6.06. The van der Waals surface area contributed by atoms with Gasteiger partial charge >= 0.3 is 0 Å². The predicted molar refractivity (Wildman–Crippen MR) is 98.0 cm³/mol. The first-order valence-electron chi connectivity index (χ1n) is 7.78. The Labute approximate surface area is 150 Å². The Bertz CT molecular complexity index is 863. The predicted octanol–water partition coefficient (Wildman–Crippen LogP) is 4.26. The Morgan fingerprint density at radius 1 is 1.20 bits per heavy atom. The van der Waals surface area contributed by atoms with Gasteiger partial charge in [0, 0.05) is 16.3 Å². The van der Waals surface area contributed by atoms with Crippen molar-refractivity contribution in [3.63, 3.8) is 0 Å². The van der Waals surface area contributed by atoms with Crippen LogP contribution in [0.2, 0.25) is 5.15 Å². The highest BCUT2D eigenvalue weighted by Crippen LogP contribution is 2.28. The topological polar surface area (TPSA) is 73.0 Å². The molecule has 2 aromatic carbocycles. The van der Waals surface area contributed by atoms with E-state index in [4.69, 9.17) is 11.6 Å². The third-order valence-electron chi connectivity index (χ3n) is 3.85. The first-order valence-corrected chi connectivity index (χ1v) is 8.15. The number of benzene rings is 2. The minimum atomic E-state index is -0.618. The first kappa shape index (κ1) is 17.0. The molecular formula is C18H17ClN4O2. The molecule has 1 N–H and O–H groups in total. The van der Waals surface area contributed by atoms with E-state index in [1.807, 2.05) is 61.5 Å². The number of nitrogens with one attached hydrogen (secondary N) is 1. The SMILES string of the molecule is Cc1ccc(NC(C[N+](=O)[O-])c2c(Cl)ncn2-c2ccccc2)cc1. The fraction of sp³-hybridized carbons (Fsp3) is 0.167. The normalized spacial score (nSPS) is 11.9. The summed E-state index contributed by atoms with van der Waals surface area (Å²) in [5.41, 5.74) is 3.30. The van der Waals surface area contributed by atoms with Crippen molar-refractivity contribution >= 4 is 17.3 Å². The third kappa shape index (κ3) is 3.97. The molecule has 6 nitrogen and oxygen atoms in total. The number of aromatic nitrogens is 2. The van der Waals surface area contributed by atoms with Crippen molar-refractivity contribution in [2.45, 2.75) is 13.0 Å². The highest BCUT2D eigenvalue weighted by Gasteiger charge is 2.26. The molecule has 1 unspecified atom stereocenters. The van der Waals surface area contributed by atoms with Crippen LogP contribution in [0.15, 0.2) is 60.9 Å². The van der Waals surface area contributed by atoms with Crippen LogP contribution in [0, 0.1) is 17.0 Å². The maximum Gasteiger partial charge on any atom is 0.229 e. The maximum absolute atomic E-state index is 11.2. The van der Waals surface area contributed by atoms with Crippen molar-refractivity contribution in [2.75, 3.05) is 11.9 Å². The third-order valence-corrected chi connectivity index (χ3v) is 4.14. The van der Waals surface area contributed by atoms with Gasteiger partial charge in [-0.1, -0.05) is 47.5 Å². The van der Waals surface area contributed by atoms with Gasteiger partial charge in [-0.3, -0.25) is 14.7 Å². The molecule has 0 bridgehead atoms. The lowest BCUT2D eigenvalue weighted by atomic mass is 10.1. The van der Waals surface area contributed by atoms with Crippen molar-refractivity contribution in [1.29, 1.82) is 0 Å². The Morgan fingerprint density at radius 2 is 1.88 bits per heavy atom. The number of hydrogen-bond acceptors (Lipinski definition) is 4. The number of halogens is 1. The van der Waals surface area contributed by atoms with Crippen LogP contribution in [0.4, 0.5) is 5.69 Å². The zero-order valence-corrected chi connectivity index (χ0v) is 14.3. The van der Waals surface area contributed by atoms with Crippen LogP contribution in [-0.4, -0.2) is 21.0 Å². The largest absolute Gasteiger partial charge is 0.371 e. The van der Waals surface area contributed by atoms with Gasteiger partial charge in [0.15, 0.2) is 5.15 Å². The molecule has 0 saturated heterocycles. The summed E-state index contributed by atoms with van der Waals surface area (Å²) in [7, 11) is 0. The van der Waals surface area contributed by atoms with Gasteiger partial charge in [-0.25, -0.2) is 4.98 Å². The quantitative estimate of drug-likeness (QED) is 0.529. The number of aryl methyl sites for hydroxylation is 1. The summed E-state index contributed by atoms with van der Waals surface area (Å²) >= 11 is 6.27. The molecule has 1 atom stereocenters. The minimum absolute atomic E-state index is 0.246. The molecule has 0 aliphatic heterocycles. The highest BCUT2D eigenvalue weighted by molar-refractivity contribution is 6.30. The van der Waals surface area contributed by atoms with Crippen LogP contribution in [0.25, 0.3) is 5.69 Å². The van der Waals surface area contributed by atoms with Gasteiger partial charge in [-0.2, -0.15) is 0 Å². The smallest absolute Gasteiger partial charge is 0.229 e. The highest BCUT2D eigenvalue weighted by atomic mass is 35.5. The molecule has 0 aliphatic carbocycles. The molecule has 3 rings (SSSR count). The number of imidazole rings is 1. The Balaban J connectivity index is 2.00. The molecule has 1 heterocycles. The fourth-order valence-electron chi connectivity index (χ4n) is 2.64. The lowest BCUT2D eigenvalue weighted by Crippen LogP contribution is -2.23. The molecule has 25 heavy (non-hydrogen) atoms. The lowest BCUT2D eigenvalue weighted by Gasteiger charge is -2.19. The van der Waals surface area contributed by atoms with E-state index in [0.29, 0.717) is 5.69 Å². The van der Waals surface area contributed by atoms with Crippen LogP contribution < -0.4 is 5.32 Å². The van der Waals surface area contributed by atoms with Gasteiger partial charge in [0.25, 0.3) is 0 Å². The van der Waals surface area contributed by atoms with Gasteiger partial charge in [-0.05, 0) is 31.2 Å². The molecule has 7 heteroatoms. The number of nitro groups is 1. The number of anilines is 1. The molecule has 0 amide bonds. The van der Waals surface area contributed by atoms with Gasteiger partial charge in [0.05, 0.1) is 5.69 Å². The van der Waals surface area contributed by atoms with Crippen molar-refractivity contribution in [1.82, 2.24) is 9.55 Å². The molecule has 0 saturated carbocycles. The molecule has 0 aliphatic rings. The lowest BCUT2D eigenvalue weighted by molar-refractivity contribution is -0.482. The fourth-order valence-corrected chi connectivity index (χ4v) is 2.91. The van der Waals surface area contributed by atoms with E-state index in [1.165, 1.54) is 0 Å². The molecule has 0 fully saturated rings. The molecule has 0 radical (unpaired) electrons. The maximum atomic E-state index is 11.2. The minimum Gasteiger partial charge on any atom is -0.371 e. The number of hydrogen-bond donors (Lipinski definition) is 1. The van der Waals surface area contributed by atoms with Crippen molar-refractivity contribution in [3.8, 4) is 5.69 Å². The Kier molecular flexibility index (Phi) is 5.00. The second kappa shape index (κ2) is 7.36. The first-order chi connectivity index (χ1) is 12.0. The van der Waals surface area contributed by atoms with E-state index in [0.717, 1.165) is 16.9 Å². The van der Waals surface area contributed by atoms with Crippen LogP contribution in [0.3, 0.4) is 0 Å². The van der Waals surface area contributed by atoms with E-state index < -0.39 is 6.04 Å². The van der Waals surface area contributed by atoms with Gasteiger partial charge < -0.3 is 5.32 Å². The van der Waals surface area contributed by atoms with Crippen LogP contribution >= 0.6 is 11.6 Å². The summed E-state index contributed by atoms with van der Waals surface area (Å²) < 4.78 is 1.78. The number of rotatable bonds is 6. The van der Waals surface area contributed by atoms with Gasteiger partial charge in [-0.15, -0.1) is 0 Å². The summed E-state index contributed by atoms with van der Waals surface area (Å²) in [4.78, 5) is 15.0. The zero-order chi connectivity index (χ0) is 17.8. The summed E-state index contributed by atoms with van der Waals surface area (Å²) in [6.45, 7) is 1.67. The van der Waals surface area contributed by atoms with Crippen molar-refractivity contribution in [3.05, 3.63) is 87.4 Å². The molecular weight excluding hydrogens is 340 g/mol. The van der Waals surface area contributed by atoms with Crippen LogP contribution in [0.5, 0.6) is 0 Å². The standard InChI is InChI=1S/C18H17ClN4O2/c1-13-7-9-14(10-8-13)21-16(11-23(24)25)17-18(19)20-12-22(17)15-5-3-2-4-6-15/h2-10,12,16,21H,11H2,1H3. The monoisotopic (exact) mass is 356 g/mol. The summed E-state index contributed by atoms with van der Waals surface area (Å²) in [5.74, 6) is 0. The van der Waals surface area contributed by atoms with E-state index in [1.54, 1.807) is 10.9 Å². The van der Waals surface area contributed by atoms with E-state index in [2.05, 4.69) is 10.3 Å². The number of para-hydroxylation sites is 1. The van der Waals surface area contributed by atoms with E-state index >= 15 is 0 Å². The molecule has 3 aromatic rings. The van der Waals surface area contributed by atoms with E-state index in [-0.39, 0.29) is 16.6 Å². The molecule has 128 valence electrons. The average Bonchev–Trinajstić information content (AvgIpc) is 2.98. The van der Waals surface area contributed by atoms with Gasteiger partial charge in [0.2, 0.25) is 6.54 Å². The average molecular weight is 357 g/mol. The Hall–Kier alpha value is -2.86. The van der Waals surface area contributed by atoms with E-state index in [9.17, 15) is 10.1 Å². The molecule has 0 spiro atoms. The summed E-state index contributed by atoms with van der Waals surface area (Å²) in [6, 6.07) is 16.5. The molecule has 1 aromatic heterocycles. The second-order valence-electron chi connectivity index (χ2n) is 5.70. The Morgan fingerprint density at radius 3 is 2.52 bits per heavy atom. The number of nitrogens with zero attached hydrogens (tertiary/aromatic N) is 3. The van der Waals surface area contributed by atoms with Gasteiger partial charge in [0.1, 0.15) is 12.4 Å².